The number of aromatic amines is 1. The van der Waals surface area contributed by atoms with Crippen LogP contribution in [0.2, 0.25) is 0 Å². The Kier molecular flexibility index (Phi) is 4.36. The molecule has 3 aromatic rings. The molecule has 0 spiro atoms. The molecule has 144 valence electrons. The number of thioether (sulfide) groups is 2. The third-order valence-electron chi connectivity index (χ3n) is 4.50. The Bertz CT molecular complexity index is 1170. The predicted molar refractivity (Wildman–Crippen MR) is 115 cm³/mol. The fraction of sp³-hybridized carbons (Fsp3) is 0.105. The zero-order valence-electron chi connectivity index (χ0n) is 15.5. The second-order valence-corrected chi connectivity index (χ2v) is 8.46. The Morgan fingerprint density at radius 1 is 1.10 bits per heavy atom. The summed E-state index contributed by atoms with van der Waals surface area (Å²) in [6, 6.07) is 15.9. The number of amides is 1. The number of para-hydroxylation sites is 1. The van der Waals surface area contributed by atoms with Crippen molar-refractivity contribution < 1.29 is 4.79 Å². The Balaban J connectivity index is 1.62. The first kappa shape index (κ1) is 18.0. The summed E-state index contributed by atoms with van der Waals surface area (Å²) in [4.78, 5) is 23.4. The molecule has 0 saturated carbocycles. The quantitative estimate of drug-likeness (QED) is 0.631. The average molecular weight is 422 g/mol. The summed E-state index contributed by atoms with van der Waals surface area (Å²) in [6.45, 7) is 1.99. The number of carbonyl (C=O) groups excluding carboxylic acids is 1. The molecule has 1 fully saturated rings. The first-order chi connectivity index (χ1) is 14.1. The van der Waals surface area contributed by atoms with Gasteiger partial charge in [0.05, 0.1) is 16.4 Å². The van der Waals surface area contributed by atoms with Crippen molar-refractivity contribution in [1.29, 1.82) is 0 Å². The minimum absolute atomic E-state index is 0.120. The van der Waals surface area contributed by atoms with E-state index in [9.17, 15) is 4.79 Å². The molecule has 0 atom stereocenters. The number of nitrogens with one attached hydrogen (secondary N) is 1. The van der Waals surface area contributed by atoms with E-state index in [-0.39, 0.29) is 11.9 Å². The van der Waals surface area contributed by atoms with Crippen LogP contribution in [-0.4, -0.2) is 38.7 Å². The minimum Gasteiger partial charge on any atom is -0.337 e. The summed E-state index contributed by atoms with van der Waals surface area (Å²) >= 11 is 2.91. The third kappa shape index (κ3) is 3.10. The molecule has 0 bridgehead atoms. The first-order valence-corrected chi connectivity index (χ1v) is 10.4. The molecule has 2 aromatic carbocycles. The topological polar surface area (TPSA) is 90.4 Å². The van der Waals surface area contributed by atoms with Gasteiger partial charge in [-0.15, -0.1) is 5.10 Å². The molecule has 1 N–H and O–H groups in total. The molecule has 29 heavy (non-hydrogen) atoms. The van der Waals surface area contributed by atoms with Crippen molar-refractivity contribution in [2.75, 3.05) is 16.8 Å². The van der Waals surface area contributed by atoms with Gasteiger partial charge in [-0.25, -0.2) is 0 Å². The van der Waals surface area contributed by atoms with Crippen LogP contribution in [0, 0.1) is 6.92 Å². The number of carbonyl (C=O) groups is 1. The van der Waals surface area contributed by atoms with Gasteiger partial charge < -0.3 is 4.90 Å². The van der Waals surface area contributed by atoms with Crippen molar-refractivity contribution in [3.05, 3.63) is 64.0 Å². The molecule has 2 aliphatic heterocycles. The lowest BCUT2D eigenvalue weighted by Gasteiger charge is -2.17. The van der Waals surface area contributed by atoms with Gasteiger partial charge in [-0.3, -0.25) is 9.69 Å². The molecule has 2 aliphatic rings. The van der Waals surface area contributed by atoms with Crippen LogP contribution in [0.25, 0.3) is 0 Å². The number of fused-ring (bicyclic) bond motifs is 1. The molecule has 3 heterocycles. The summed E-state index contributed by atoms with van der Waals surface area (Å²) in [5.74, 6) is 0.0601. The molecule has 1 amide bonds. The van der Waals surface area contributed by atoms with E-state index in [4.69, 9.17) is 0 Å². The van der Waals surface area contributed by atoms with Crippen LogP contribution in [-0.2, 0) is 4.79 Å². The fourth-order valence-electron chi connectivity index (χ4n) is 3.16. The number of hydrogen-bond acceptors (Lipinski definition) is 8. The average Bonchev–Trinajstić information content (AvgIpc) is 3.41. The summed E-state index contributed by atoms with van der Waals surface area (Å²) in [5.41, 5.74) is 2.89. The number of aromatic nitrogens is 4. The van der Waals surface area contributed by atoms with Crippen LogP contribution in [0.3, 0.4) is 0 Å². The molecule has 1 saturated heterocycles. The van der Waals surface area contributed by atoms with Gasteiger partial charge in [0.1, 0.15) is 4.91 Å². The lowest BCUT2D eigenvalue weighted by Crippen LogP contribution is -2.29. The van der Waals surface area contributed by atoms with E-state index in [1.54, 1.807) is 16.7 Å². The lowest BCUT2D eigenvalue weighted by molar-refractivity contribution is -0.113. The molecular formula is C19H15N7OS2. The van der Waals surface area contributed by atoms with E-state index >= 15 is 0 Å². The lowest BCUT2D eigenvalue weighted by atomic mass is 10.2. The SMILES string of the molecule is Cc1cccc(N2C(=O)/C(=C3/Sc4ccccc4N3C)SC2=Nc2nn[nH]n2)c1. The van der Waals surface area contributed by atoms with Gasteiger partial charge >= 0.3 is 0 Å². The highest BCUT2D eigenvalue weighted by molar-refractivity contribution is 8.20. The molecule has 5 rings (SSSR count). The number of nitrogens with zero attached hydrogens (tertiary/aromatic N) is 6. The number of H-pyrrole nitrogens is 1. The van der Waals surface area contributed by atoms with E-state index in [0.29, 0.717) is 10.1 Å². The molecule has 0 radical (unpaired) electrons. The summed E-state index contributed by atoms with van der Waals surface area (Å²) < 4.78 is 0. The molecular weight excluding hydrogens is 406 g/mol. The number of benzene rings is 2. The number of rotatable bonds is 2. The second-order valence-electron chi connectivity index (χ2n) is 6.45. The summed E-state index contributed by atoms with van der Waals surface area (Å²) in [7, 11) is 1.97. The number of anilines is 2. The van der Waals surface area contributed by atoms with E-state index in [1.165, 1.54) is 11.8 Å². The van der Waals surface area contributed by atoms with Crippen molar-refractivity contribution in [1.82, 2.24) is 20.6 Å². The van der Waals surface area contributed by atoms with Crippen LogP contribution in [0.4, 0.5) is 17.3 Å². The van der Waals surface area contributed by atoms with Gasteiger partial charge in [0.2, 0.25) is 0 Å². The van der Waals surface area contributed by atoms with Gasteiger partial charge in [0.25, 0.3) is 11.9 Å². The highest BCUT2D eigenvalue weighted by Gasteiger charge is 2.40. The Hall–Kier alpha value is -3.11. The highest BCUT2D eigenvalue weighted by atomic mass is 32.2. The van der Waals surface area contributed by atoms with Crippen molar-refractivity contribution in [2.45, 2.75) is 11.8 Å². The van der Waals surface area contributed by atoms with Crippen LogP contribution < -0.4 is 9.80 Å². The highest BCUT2D eigenvalue weighted by Crippen LogP contribution is 2.50. The minimum atomic E-state index is -0.120. The number of tetrazole rings is 1. The maximum atomic E-state index is 13.5. The smallest absolute Gasteiger partial charge is 0.291 e. The Morgan fingerprint density at radius 2 is 1.97 bits per heavy atom. The monoisotopic (exact) mass is 421 g/mol. The van der Waals surface area contributed by atoms with Crippen LogP contribution in [0.1, 0.15) is 5.56 Å². The third-order valence-corrected chi connectivity index (χ3v) is 6.90. The predicted octanol–water partition coefficient (Wildman–Crippen LogP) is 3.69. The van der Waals surface area contributed by atoms with Crippen molar-refractivity contribution >= 4 is 51.9 Å². The van der Waals surface area contributed by atoms with E-state index < -0.39 is 0 Å². The van der Waals surface area contributed by atoms with Crippen molar-refractivity contribution in [2.24, 2.45) is 4.99 Å². The van der Waals surface area contributed by atoms with Crippen LogP contribution in [0.5, 0.6) is 0 Å². The van der Waals surface area contributed by atoms with Crippen LogP contribution >= 0.6 is 23.5 Å². The standard InChI is InChI=1S/C19H15N7OS2/c1-11-6-5-7-12(10-11)26-16(27)15(29-19(26)20-18-21-23-24-22-18)17-25(2)13-8-3-4-9-14(13)28-17/h3-10H,1-2H3,(H,21,22,23,24)/b17-15-,20-19?. The normalized spacial score (nSPS) is 20.1. The zero-order chi connectivity index (χ0) is 20.0. The molecule has 1 aromatic heterocycles. The van der Waals surface area contributed by atoms with Gasteiger partial charge in [0, 0.05) is 11.9 Å². The molecule has 0 unspecified atom stereocenters. The molecule has 10 heteroatoms. The number of hydrogen-bond donors (Lipinski definition) is 1. The number of aryl methyl sites for hydroxylation is 1. The second kappa shape index (κ2) is 7.05. The van der Waals surface area contributed by atoms with Gasteiger partial charge in [-0.05, 0) is 53.7 Å². The maximum Gasteiger partial charge on any atom is 0.291 e. The van der Waals surface area contributed by atoms with E-state index in [0.717, 1.165) is 26.9 Å². The Labute approximate surface area is 175 Å². The zero-order valence-corrected chi connectivity index (χ0v) is 17.2. The first-order valence-electron chi connectivity index (χ1n) is 8.78. The van der Waals surface area contributed by atoms with E-state index in [1.807, 2.05) is 61.3 Å². The summed E-state index contributed by atoms with van der Waals surface area (Å²) in [6.07, 6.45) is 0. The van der Waals surface area contributed by atoms with Crippen LogP contribution in [0.15, 0.2) is 68.4 Å². The number of aliphatic imine (C=N–C) groups is 1. The fourth-order valence-corrected chi connectivity index (χ4v) is 5.48. The van der Waals surface area contributed by atoms with Crippen molar-refractivity contribution in [3.63, 3.8) is 0 Å². The maximum absolute atomic E-state index is 13.5. The van der Waals surface area contributed by atoms with Crippen molar-refractivity contribution in [3.8, 4) is 0 Å². The van der Waals surface area contributed by atoms with Gasteiger partial charge in [0.15, 0.2) is 5.17 Å². The van der Waals surface area contributed by atoms with Gasteiger partial charge in [-0.1, -0.05) is 41.1 Å². The largest absolute Gasteiger partial charge is 0.337 e. The summed E-state index contributed by atoms with van der Waals surface area (Å²) in [5, 5.41) is 15.1. The molecule has 0 aliphatic carbocycles. The number of amidine groups is 1. The van der Waals surface area contributed by atoms with Gasteiger partial charge in [-0.2, -0.15) is 10.2 Å². The van der Waals surface area contributed by atoms with E-state index in [2.05, 4.69) is 31.7 Å². The Morgan fingerprint density at radius 3 is 2.72 bits per heavy atom. The molecule has 8 nitrogen and oxygen atoms in total.